The molecule has 4 rings (SSSR count). The van der Waals surface area contributed by atoms with E-state index in [1.165, 1.54) is 18.4 Å². The third-order valence-corrected chi connectivity index (χ3v) is 5.03. The Kier molecular flexibility index (Phi) is 2.74. The van der Waals surface area contributed by atoms with E-state index in [1.54, 1.807) is 0 Å². The Morgan fingerprint density at radius 2 is 1.90 bits per heavy atom. The first kappa shape index (κ1) is 12.2. The minimum absolute atomic E-state index is 0.0794. The Hall–Kier alpha value is -1.55. The van der Waals surface area contributed by atoms with Crippen LogP contribution in [0.15, 0.2) is 30.3 Å². The van der Waals surface area contributed by atoms with Crippen LogP contribution in [0.5, 0.6) is 0 Å². The van der Waals surface area contributed by atoms with E-state index in [-0.39, 0.29) is 11.6 Å². The highest BCUT2D eigenvalue weighted by Gasteiger charge is 2.53. The molecule has 4 nitrogen and oxygen atoms in total. The zero-order valence-electron chi connectivity index (χ0n) is 11.5. The molecule has 1 spiro atoms. The minimum Gasteiger partial charge on any atom is -0.447 e. The van der Waals surface area contributed by atoms with Crippen LogP contribution in [-0.4, -0.2) is 35.2 Å². The third kappa shape index (κ3) is 1.90. The van der Waals surface area contributed by atoms with Crippen molar-refractivity contribution < 1.29 is 9.53 Å². The lowest BCUT2D eigenvalue weighted by atomic mass is 9.83. The first-order valence-electron chi connectivity index (χ1n) is 7.50. The van der Waals surface area contributed by atoms with Crippen molar-refractivity contribution in [3.63, 3.8) is 0 Å². The molecule has 2 atom stereocenters. The summed E-state index contributed by atoms with van der Waals surface area (Å²) >= 11 is 0. The van der Waals surface area contributed by atoms with Crippen molar-refractivity contribution in [3.05, 3.63) is 35.9 Å². The van der Waals surface area contributed by atoms with Gasteiger partial charge in [0.2, 0.25) is 0 Å². The topological polar surface area (TPSA) is 41.6 Å². The number of nitrogens with one attached hydrogen (secondary N) is 1. The molecule has 20 heavy (non-hydrogen) atoms. The molecule has 1 aromatic carbocycles. The molecule has 0 aliphatic carbocycles. The van der Waals surface area contributed by atoms with Gasteiger partial charge in [0, 0.05) is 18.6 Å². The molecule has 3 saturated heterocycles. The summed E-state index contributed by atoms with van der Waals surface area (Å²) in [5, 5.41) is 3.65. The monoisotopic (exact) mass is 272 g/mol. The second-order valence-corrected chi connectivity index (χ2v) is 6.40. The van der Waals surface area contributed by atoms with E-state index in [1.807, 2.05) is 23.1 Å². The Morgan fingerprint density at radius 1 is 1.20 bits per heavy atom. The molecule has 0 radical (unpaired) electrons. The van der Waals surface area contributed by atoms with Crippen LogP contribution in [0.3, 0.4) is 0 Å². The van der Waals surface area contributed by atoms with Gasteiger partial charge in [0.05, 0.1) is 5.54 Å². The fourth-order valence-corrected chi connectivity index (χ4v) is 4.11. The van der Waals surface area contributed by atoms with E-state index >= 15 is 0 Å². The maximum atomic E-state index is 12.2. The quantitative estimate of drug-likeness (QED) is 0.898. The lowest BCUT2D eigenvalue weighted by molar-refractivity contribution is 0.0975. The number of amides is 1. The molecule has 3 heterocycles. The Balaban J connectivity index is 1.61. The smallest absolute Gasteiger partial charge is 0.410 e. The SMILES string of the molecule is O=C1OCC2(CC3CCC(C2)N3)N1Cc1ccccc1. The molecule has 1 N–H and O–H groups in total. The summed E-state index contributed by atoms with van der Waals surface area (Å²) in [6.07, 6.45) is 4.39. The van der Waals surface area contributed by atoms with Crippen LogP contribution in [0, 0.1) is 0 Å². The Labute approximate surface area is 119 Å². The van der Waals surface area contributed by atoms with Crippen LogP contribution >= 0.6 is 0 Å². The fraction of sp³-hybridized carbons (Fsp3) is 0.562. The Morgan fingerprint density at radius 3 is 2.60 bits per heavy atom. The van der Waals surface area contributed by atoms with Crippen LogP contribution in [0.2, 0.25) is 0 Å². The van der Waals surface area contributed by atoms with E-state index < -0.39 is 0 Å². The van der Waals surface area contributed by atoms with Gasteiger partial charge in [0.1, 0.15) is 6.61 Å². The molecule has 3 aliphatic heterocycles. The van der Waals surface area contributed by atoms with Gasteiger partial charge >= 0.3 is 6.09 Å². The first-order chi connectivity index (χ1) is 9.75. The highest BCUT2D eigenvalue weighted by atomic mass is 16.6. The molecule has 1 amide bonds. The number of carbonyl (C=O) groups is 1. The molecule has 3 fully saturated rings. The van der Waals surface area contributed by atoms with Crippen molar-refractivity contribution in [1.29, 1.82) is 0 Å². The van der Waals surface area contributed by atoms with Gasteiger partial charge in [-0.05, 0) is 31.2 Å². The predicted octanol–water partition coefficient (Wildman–Crippen LogP) is 2.29. The van der Waals surface area contributed by atoms with Crippen molar-refractivity contribution in [2.24, 2.45) is 0 Å². The average Bonchev–Trinajstić information content (AvgIpc) is 2.95. The zero-order chi connectivity index (χ0) is 13.6. The van der Waals surface area contributed by atoms with Crippen molar-refractivity contribution in [3.8, 4) is 0 Å². The second kappa shape index (κ2) is 4.48. The summed E-state index contributed by atoms with van der Waals surface area (Å²) in [5.74, 6) is 0. The number of piperidine rings is 1. The predicted molar refractivity (Wildman–Crippen MR) is 75.2 cm³/mol. The fourth-order valence-electron chi connectivity index (χ4n) is 4.11. The van der Waals surface area contributed by atoms with Gasteiger partial charge in [0.25, 0.3) is 0 Å². The van der Waals surface area contributed by atoms with Gasteiger partial charge in [0.15, 0.2) is 0 Å². The second-order valence-electron chi connectivity index (χ2n) is 6.40. The summed E-state index contributed by atoms with van der Waals surface area (Å²) in [6.45, 7) is 1.23. The number of ether oxygens (including phenoxy) is 1. The molecule has 2 bridgehead atoms. The molecule has 1 aromatic rings. The summed E-state index contributed by atoms with van der Waals surface area (Å²) < 4.78 is 5.41. The Bertz CT molecular complexity index is 504. The highest BCUT2D eigenvalue weighted by molar-refractivity contribution is 5.71. The number of benzene rings is 1. The van der Waals surface area contributed by atoms with Crippen molar-refractivity contribution in [1.82, 2.24) is 10.2 Å². The number of cyclic esters (lactones) is 1. The molecule has 106 valence electrons. The lowest BCUT2D eigenvalue weighted by Crippen LogP contribution is -2.56. The minimum atomic E-state index is -0.143. The normalized spacial score (nSPS) is 35.6. The van der Waals surface area contributed by atoms with Gasteiger partial charge in [-0.15, -0.1) is 0 Å². The van der Waals surface area contributed by atoms with E-state index in [4.69, 9.17) is 4.74 Å². The maximum absolute atomic E-state index is 12.2. The zero-order valence-corrected chi connectivity index (χ0v) is 11.5. The number of hydrogen-bond donors (Lipinski definition) is 1. The van der Waals surface area contributed by atoms with Gasteiger partial charge in [-0.2, -0.15) is 0 Å². The van der Waals surface area contributed by atoms with E-state index in [2.05, 4.69) is 17.4 Å². The largest absolute Gasteiger partial charge is 0.447 e. The molecule has 4 heteroatoms. The van der Waals surface area contributed by atoms with E-state index in [9.17, 15) is 4.79 Å². The third-order valence-electron chi connectivity index (χ3n) is 5.03. The van der Waals surface area contributed by atoms with E-state index in [0.717, 1.165) is 12.8 Å². The molecule has 2 unspecified atom stereocenters. The number of carbonyl (C=O) groups excluding carboxylic acids is 1. The van der Waals surface area contributed by atoms with Crippen molar-refractivity contribution >= 4 is 6.09 Å². The van der Waals surface area contributed by atoms with Crippen LogP contribution in [-0.2, 0) is 11.3 Å². The van der Waals surface area contributed by atoms with E-state index in [0.29, 0.717) is 25.2 Å². The summed E-state index contributed by atoms with van der Waals surface area (Å²) in [5.41, 5.74) is 1.10. The van der Waals surface area contributed by atoms with Crippen LogP contribution in [0.25, 0.3) is 0 Å². The summed E-state index contributed by atoms with van der Waals surface area (Å²) in [6, 6.07) is 11.3. The summed E-state index contributed by atoms with van der Waals surface area (Å²) in [4.78, 5) is 14.1. The number of fused-ring (bicyclic) bond motifs is 2. The van der Waals surface area contributed by atoms with Gasteiger partial charge in [-0.25, -0.2) is 4.79 Å². The van der Waals surface area contributed by atoms with Crippen molar-refractivity contribution in [2.75, 3.05) is 6.61 Å². The molecule has 0 aromatic heterocycles. The van der Waals surface area contributed by atoms with Crippen molar-refractivity contribution in [2.45, 2.75) is 49.9 Å². The molecule has 0 saturated carbocycles. The average molecular weight is 272 g/mol. The van der Waals surface area contributed by atoms with Gasteiger partial charge in [-0.1, -0.05) is 30.3 Å². The highest BCUT2D eigenvalue weighted by Crippen LogP contribution is 2.42. The lowest BCUT2D eigenvalue weighted by Gasteiger charge is -2.42. The molecule has 3 aliphatic rings. The first-order valence-corrected chi connectivity index (χ1v) is 7.50. The van der Waals surface area contributed by atoms with Crippen LogP contribution in [0.1, 0.15) is 31.2 Å². The maximum Gasteiger partial charge on any atom is 0.410 e. The van der Waals surface area contributed by atoms with Crippen LogP contribution in [0.4, 0.5) is 4.79 Å². The molecular weight excluding hydrogens is 252 g/mol. The molecular formula is C16H20N2O2. The van der Waals surface area contributed by atoms with Crippen LogP contribution < -0.4 is 5.32 Å². The summed E-state index contributed by atoms with van der Waals surface area (Å²) in [7, 11) is 0. The number of hydrogen-bond acceptors (Lipinski definition) is 3. The van der Waals surface area contributed by atoms with Gasteiger partial charge < -0.3 is 10.1 Å². The van der Waals surface area contributed by atoms with Gasteiger partial charge in [-0.3, -0.25) is 4.90 Å². The number of rotatable bonds is 2. The number of nitrogens with zero attached hydrogens (tertiary/aromatic N) is 1. The standard InChI is InChI=1S/C16H20N2O2/c19-15-18(10-12-4-2-1-3-5-12)16(11-20-15)8-13-6-7-14(9-16)17-13/h1-5,13-14,17H,6-11H2.